The highest BCUT2D eigenvalue weighted by Gasteiger charge is 2.10. The highest BCUT2D eigenvalue weighted by atomic mass is 79.9. The second kappa shape index (κ2) is 5.81. The van der Waals surface area contributed by atoms with Crippen molar-refractivity contribution in [3.8, 4) is 0 Å². The van der Waals surface area contributed by atoms with E-state index in [4.69, 9.17) is 5.73 Å². The van der Waals surface area contributed by atoms with Crippen molar-refractivity contribution < 1.29 is 4.79 Å². The zero-order valence-electron chi connectivity index (χ0n) is 9.74. The fourth-order valence-electron chi connectivity index (χ4n) is 1.26. The van der Waals surface area contributed by atoms with Gasteiger partial charge in [0, 0.05) is 13.0 Å². The molecule has 7 heteroatoms. The molecule has 1 amide bonds. The number of amides is 1. The van der Waals surface area contributed by atoms with Gasteiger partial charge in [-0.2, -0.15) is 5.10 Å². The summed E-state index contributed by atoms with van der Waals surface area (Å²) < 4.78 is 1.79. The highest BCUT2D eigenvalue weighted by molar-refractivity contribution is 9.10. The van der Waals surface area contributed by atoms with E-state index in [9.17, 15) is 9.59 Å². The van der Waals surface area contributed by atoms with Gasteiger partial charge in [0.25, 0.3) is 5.56 Å². The van der Waals surface area contributed by atoms with E-state index in [1.807, 2.05) is 13.8 Å². The molecule has 0 saturated heterocycles. The molecule has 1 heterocycles. The molecule has 0 atom stereocenters. The fraction of sp³-hybridized carbons (Fsp3) is 0.500. The molecular formula is C10H15BrN4O2. The van der Waals surface area contributed by atoms with Crippen LogP contribution in [0.15, 0.2) is 15.5 Å². The SMILES string of the molecule is CC(C)n1ncc(NCCC(N)=O)c(Br)c1=O. The Labute approximate surface area is 107 Å². The predicted molar refractivity (Wildman–Crippen MR) is 68.9 cm³/mol. The number of nitrogens with two attached hydrogens (primary N) is 1. The number of rotatable bonds is 5. The third-order valence-corrected chi connectivity index (χ3v) is 2.89. The molecular weight excluding hydrogens is 288 g/mol. The van der Waals surface area contributed by atoms with Crippen LogP contribution < -0.4 is 16.6 Å². The molecule has 0 aliphatic carbocycles. The predicted octanol–water partition coefficient (Wildman–Crippen LogP) is 0.874. The summed E-state index contributed by atoms with van der Waals surface area (Å²) in [6.07, 6.45) is 1.76. The molecule has 0 aromatic carbocycles. The van der Waals surface area contributed by atoms with Gasteiger partial charge in [-0.05, 0) is 29.8 Å². The lowest BCUT2D eigenvalue weighted by atomic mass is 10.3. The maximum absolute atomic E-state index is 11.8. The first-order chi connectivity index (χ1) is 7.93. The maximum Gasteiger partial charge on any atom is 0.283 e. The number of aromatic nitrogens is 2. The van der Waals surface area contributed by atoms with Crippen LogP contribution in [0.1, 0.15) is 26.3 Å². The van der Waals surface area contributed by atoms with Crippen LogP contribution in [0.3, 0.4) is 0 Å². The van der Waals surface area contributed by atoms with Crippen LogP contribution in [0.5, 0.6) is 0 Å². The van der Waals surface area contributed by atoms with Crippen LogP contribution in [0.4, 0.5) is 5.69 Å². The Morgan fingerprint density at radius 3 is 2.82 bits per heavy atom. The summed E-state index contributed by atoms with van der Waals surface area (Å²) in [5.41, 5.74) is 5.37. The van der Waals surface area contributed by atoms with Crippen LogP contribution in [0.25, 0.3) is 0 Å². The van der Waals surface area contributed by atoms with E-state index < -0.39 is 5.91 Å². The number of primary amides is 1. The first-order valence-electron chi connectivity index (χ1n) is 5.23. The van der Waals surface area contributed by atoms with Crippen molar-refractivity contribution in [1.82, 2.24) is 9.78 Å². The summed E-state index contributed by atoms with van der Waals surface area (Å²) in [6, 6.07) is -0.00142. The van der Waals surface area contributed by atoms with E-state index in [2.05, 4.69) is 26.3 Å². The summed E-state index contributed by atoms with van der Waals surface area (Å²) in [6.45, 7) is 4.13. The molecule has 1 rings (SSSR count). The number of hydrogen-bond acceptors (Lipinski definition) is 4. The lowest BCUT2D eigenvalue weighted by Gasteiger charge is -2.11. The minimum Gasteiger partial charge on any atom is -0.382 e. The van der Waals surface area contributed by atoms with Gasteiger partial charge >= 0.3 is 0 Å². The molecule has 0 spiro atoms. The van der Waals surface area contributed by atoms with Gasteiger partial charge in [-0.1, -0.05) is 0 Å². The Morgan fingerprint density at radius 1 is 1.65 bits per heavy atom. The molecule has 0 aliphatic heterocycles. The van der Waals surface area contributed by atoms with Gasteiger partial charge < -0.3 is 11.1 Å². The minimum atomic E-state index is -0.392. The average Bonchev–Trinajstić information content (AvgIpc) is 2.23. The topological polar surface area (TPSA) is 90.0 Å². The van der Waals surface area contributed by atoms with Crippen LogP contribution in [-0.4, -0.2) is 22.2 Å². The zero-order valence-corrected chi connectivity index (χ0v) is 11.3. The zero-order chi connectivity index (χ0) is 13.0. The third kappa shape index (κ3) is 3.55. The van der Waals surface area contributed by atoms with Gasteiger partial charge in [0.05, 0.1) is 17.9 Å². The van der Waals surface area contributed by atoms with Crippen molar-refractivity contribution in [2.75, 3.05) is 11.9 Å². The molecule has 1 aromatic heterocycles. The van der Waals surface area contributed by atoms with Gasteiger partial charge in [-0.25, -0.2) is 4.68 Å². The lowest BCUT2D eigenvalue weighted by molar-refractivity contribution is -0.117. The van der Waals surface area contributed by atoms with Crippen molar-refractivity contribution in [3.05, 3.63) is 21.0 Å². The molecule has 0 fully saturated rings. The molecule has 3 N–H and O–H groups in total. The van der Waals surface area contributed by atoms with Gasteiger partial charge in [-0.15, -0.1) is 0 Å². The van der Waals surface area contributed by atoms with E-state index in [1.165, 1.54) is 4.68 Å². The first kappa shape index (κ1) is 13.7. The highest BCUT2D eigenvalue weighted by Crippen LogP contribution is 2.16. The molecule has 0 unspecified atom stereocenters. The molecule has 6 nitrogen and oxygen atoms in total. The largest absolute Gasteiger partial charge is 0.382 e. The van der Waals surface area contributed by atoms with E-state index in [1.54, 1.807) is 6.20 Å². The minimum absolute atomic E-state index is 0.00142. The second-order valence-electron chi connectivity index (χ2n) is 3.86. The van der Waals surface area contributed by atoms with Crippen molar-refractivity contribution in [1.29, 1.82) is 0 Å². The molecule has 0 radical (unpaired) electrons. The molecule has 1 aromatic rings. The normalized spacial score (nSPS) is 10.6. The summed E-state index contributed by atoms with van der Waals surface area (Å²) in [5.74, 6) is -0.392. The van der Waals surface area contributed by atoms with E-state index in [-0.39, 0.29) is 18.0 Å². The maximum atomic E-state index is 11.8. The number of nitrogens with zero attached hydrogens (tertiary/aromatic N) is 2. The monoisotopic (exact) mass is 302 g/mol. The first-order valence-corrected chi connectivity index (χ1v) is 6.02. The number of hydrogen-bond donors (Lipinski definition) is 2. The van der Waals surface area contributed by atoms with Crippen molar-refractivity contribution >= 4 is 27.5 Å². The Morgan fingerprint density at radius 2 is 2.29 bits per heavy atom. The van der Waals surface area contributed by atoms with E-state index in [0.717, 1.165) is 0 Å². The van der Waals surface area contributed by atoms with Crippen LogP contribution in [0, 0.1) is 0 Å². The Kier molecular flexibility index (Phi) is 4.68. The van der Waals surface area contributed by atoms with Gasteiger partial charge in [0.2, 0.25) is 5.91 Å². The number of carbonyl (C=O) groups excluding carboxylic acids is 1. The molecule has 0 bridgehead atoms. The third-order valence-electron chi connectivity index (χ3n) is 2.12. The van der Waals surface area contributed by atoms with Crippen LogP contribution >= 0.6 is 15.9 Å². The van der Waals surface area contributed by atoms with Gasteiger partial charge in [0.15, 0.2) is 0 Å². The van der Waals surface area contributed by atoms with Gasteiger partial charge in [-0.3, -0.25) is 9.59 Å². The van der Waals surface area contributed by atoms with E-state index >= 15 is 0 Å². The summed E-state index contributed by atoms with van der Waals surface area (Å²) >= 11 is 3.21. The van der Waals surface area contributed by atoms with Crippen molar-refractivity contribution in [2.24, 2.45) is 5.73 Å². The lowest BCUT2D eigenvalue weighted by Crippen LogP contribution is -2.26. The molecule has 94 valence electrons. The van der Waals surface area contributed by atoms with Crippen molar-refractivity contribution in [2.45, 2.75) is 26.3 Å². The molecule has 0 aliphatic rings. The number of halogens is 1. The van der Waals surface area contributed by atoms with Crippen LogP contribution in [-0.2, 0) is 4.79 Å². The standard InChI is InChI=1S/C10H15BrN4O2/c1-6(2)15-10(17)9(11)7(5-14-15)13-4-3-8(12)16/h5-6,13H,3-4H2,1-2H3,(H2,12,16). The Balaban J connectivity index is 2.86. The molecule has 17 heavy (non-hydrogen) atoms. The second-order valence-corrected chi connectivity index (χ2v) is 4.65. The van der Waals surface area contributed by atoms with Gasteiger partial charge in [0.1, 0.15) is 4.47 Å². The smallest absolute Gasteiger partial charge is 0.283 e. The van der Waals surface area contributed by atoms with Crippen molar-refractivity contribution in [3.63, 3.8) is 0 Å². The summed E-state index contributed by atoms with van der Waals surface area (Å²) in [7, 11) is 0. The fourth-order valence-corrected chi connectivity index (χ4v) is 1.68. The average molecular weight is 303 g/mol. The van der Waals surface area contributed by atoms with E-state index in [0.29, 0.717) is 16.7 Å². The number of nitrogens with one attached hydrogen (secondary N) is 1. The number of anilines is 1. The Hall–Kier alpha value is -1.37. The van der Waals surface area contributed by atoms with Crippen LogP contribution in [0.2, 0.25) is 0 Å². The quantitative estimate of drug-likeness (QED) is 0.844. The summed E-state index contributed by atoms with van der Waals surface area (Å²) in [4.78, 5) is 22.4. The summed E-state index contributed by atoms with van der Waals surface area (Å²) in [5, 5.41) is 6.96. The number of carbonyl (C=O) groups is 1. The Bertz CT molecular complexity index is 470. The molecule has 0 saturated carbocycles.